The minimum atomic E-state index is -0.734. The van der Waals surface area contributed by atoms with Gasteiger partial charge in [0.05, 0.1) is 28.3 Å². The van der Waals surface area contributed by atoms with Gasteiger partial charge in [-0.3, -0.25) is 19.2 Å². The Balaban J connectivity index is 0.000000160. The first-order chi connectivity index (χ1) is 37.7. The van der Waals surface area contributed by atoms with Crippen LogP contribution in [0, 0.1) is 92.2 Å². The van der Waals surface area contributed by atoms with E-state index < -0.39 is 59.6 Å². The van der Waals surface area contributed by atoms with Crippen molar-refractivity contribution in [1.82, 2.24) is 0 Å². The fourth-order valence-electron chi connectivity index (χ4n) is 17.0. The van der Waals surface area contributed by atoms with Crippen LogP contribution in [0.4, 0.5) is 0 Å². The standard InChI is InChI=1S/C21H32O6.C19H32O2.C17H28O2.C10H16O4/c1-5-20(2,3)19(24)26-11-17(22)25-12-18(23)27-21(4)15-7-13-6-14(9-15)10-16(21)8-13;1-6-18(4,5)17(20)21-19(12(2)3)15-8-13-7-14(10-15)11-16(19)9-13;1-5-15(2,3)14(18)19-17-9-12-6-13(10-17)8-16(4,7-12)11-17;1-4-10(2,3)9(12)14-7-5-6-13-8(7)11/h13-16H,5-12H2,1-4H3;12-16H,6-11H2,1-5H3;12-13H,5-11H2,1-4H3;7H,4-6H2,1-3H3. The van der Waals surface area contributed by atoms with Crippen molar-refractivity contribution in [2.24, 2.45) is 92.2 Å². The van der Waals surface area contributed by atoms with E-state index in [-0.39, 0.29) is 39.9 Å². The molecular weight excluding hydrogens is 1030 g/mol. The van der Waals surface area contributed by atoms with Gasteiger partial charge >= 0.3 is 41.8 Å². The van der Waals surface area contributed by atoms with E-state index in [1.165, 1.54) is 57.8 Å². The van der Waals surface area contributed by atoms with Gasteiger partial charge in [-0.2, -0.15) is 0 Å². The van der Waals surface area contributed by atoms with E-state index in [1.54, 1.807) is 27.7 Å². The Morgan fingerprint density at radius 3 is 1.33 bits per heavy atom. The van der Waals surface area contributed by atoms with Crippen LogP contribution in [0.25, 0.3) is 0 Å². The zero-order valence-electron chi connectivity index (χ0n) is 53.1. The summed E-state index contributed by atoms with van der Waals surface area (Å²) >= 11 is 0. The van der Waals surface area contributed by atoms with Crippen LogP contribution in [0.3, 0.4) is 0 Å². The maximum absolute atomic E-state index is 12.8. The molecule has 13 fully saturated rings. The Kier molecular flexibility index (Phi) is 19.8. The van der Waals surface area contributed by atoms with Crippen molar-refractivity contribution in [2.45, 2.75) is 269 Å². The minimum Gasteiger partial charge on any atom is -0.463 e. The molecule has 0 N–H and O–H groups in total. The van der Waals surface area contributed by atoms with Crippen molar-refractivity contribution in [1.29, 1.82) is 0 Å². The monoisotopic (exact) mass is 1140 g/mol. The van der Waals surface area contributed by atoms with Crippen LogP contribution in [0.5, 0.6) is 0 Å². The first kappa shape index (κ1) is 64.8. The van der Waals surface area contributed by atoms with Crippen molar-refractivity contribution in [3.05, 3.63) is 0 Å². The largest absolute Gasteiger partial charge is 0.463 e. The van der Waals surface area contributed by atoms with Gasteiger partial charge in [0.2, 0.25) is 6.10 Å². The Morgan fingerprint density at radius 2 is 0.914 bits per heavy atom. The Labute approximate surface area is 487 Å². The molecule has 0 radical (unpaired) electrons. The molecule has 3 atom stereocenters. The lowest BCUT2D eigenvalue weighted by Crippen LogP contribution is -2.63. The summed E-state index contributed by atoms with van der Waals surface area (Å²) in [6.45, 7) is 31.6. The molecule has 12 aliphatic carbocycles. The second-order valence-corrected chi connectivity index (χ2v) is 31.0. The molecule has 0 amide bonds. The molecule has 0 aromatic carbocycles. The molecule has 13 aliphatic rings. The number of ether oxygens (including phenoxy) is 7. The second-order valence-electron chi connectivity index (χ2n) is 31.0. The molecule has 1 heterocycles. The number of esters is 7. The third-order valence-electron chi connectivity index (χ3n) is 22.8. The lowest BCUT2D eigenvalue weighted by atomic mass is 9.47. The van der Waals surface area contributed by atoms with Crippen LogP contribution in [-0.4, -0.2) is 84.5 Å². The molecular formula is C67H108O14. The molecule has 460 valence electrons. The summed E-state index contributed by atoms with van der Waals surface area (Å²) in [5.41, 5.74) is -2.12. The molecule has 3 unspecified atom stereocenters. The van der Waals surface area contributed by atoms with E-state index in [0.29, 0.717) is 60.9 Å². The third-order valence-corrected chi connectivity index (χ3v) is 22.8. The predicted molar refractivity (Wildman–Crippen MR) is 308 cm³/mol. The minimum absolute atomic E-state index is 0.0283. The molecule has 81 heavy (non-hydrogen) atoms. The molecule has 0 aromatic rings. The number of hydrogen-bond donors (Lipinski definition) is 0. The molecule has 12 saturated carbocycles. The SMILES string of the molecule is CCC(C)(C)C(=O)OC1(C(C)C)C2CC3CC(C2)CC1C3.CCC(C)(C)C(=O)OC12CC3CC(CC(C)(C3)C1)C2.CCC(C)(C)C(=O)OC1CCOC1=O.CCC(C)(C)C(=O)OCC(=O)OCC(=O)OC1(C)C2CC3CC(C2)CC1C3. The molecule has 14 heteroatoms. The summed E-state index contributed by atoms with van der Waals surface area (Å²) in [5.74, 6) is 5.14. The Bertz CT molecular complexity index is 2220. The van der Waals surface area contributed by atoms with Gasteiger partial charge in [0.1, 0.15) is 16.8 Å². The van der Waals surface area contributed by atoms with Gasteiger partial charge in [0.25, 0.3) is 0 Å². The number of cyclic esters (lactones) is 1. The lowest BCUT2D eigenvalue weighted by Gasteiger charge is -2.62. The summed E-state index contributed by atoms with van der Waals surface area (Å²) in [4.78, 5) is 83.8. The van der Waals surface area contributed by atoms with Gasteiger partial charge in [-0.1, -0.05) is 48.5 Å². The van der Waals surface area contributed by atoms with Crippen molar-refractivity contribution in [2.75, 3.05) is 19.8 Å². The predicted octanol–water partition coefficient (Wildman–Crippen LogP) is 13.7. The van der Waals surface area contributed by atoms with Crippen LogP contribution in [0.15, 0.2) is 0 Å². The highest BCUT2D eigenvalue weighted by Crippen LogP contribution is 2.64. The van der Waals surface area contributed by atoms with Crippen LogP contribution < -0.4 is 0 Å². The molecule has 0 aromatic heterocycles. The summed E-state index contributed by atoms with van der Waals surface area (Å²) in [6, 6.07) is 0. The summed E-state index contributed by atoms with van der Waals surface area (Å²) in [7, 11) is 0. The van der Waals surface area contributed by atoms with E-state index in [4.69, 9.17) is 33.2 Å². The number of carbonyl (C=O) groups is 7. The van der Waals surface area contributed by atoms with E-state index in [0.717, 1.165) is 93.3 Å². The number of rotatable bonds is 17. The topological polar surface area (TPSA) is 184 Å². The highest BCUT2D eigenvalue weighted by molar-refractivity contribution is 5.83. The average Bonchev–Trinajstić information content (AvgIpc) is 3.79. The number of hydrogen-bond acceptors (Lipinski definition) is 14. The fourth-order valence-corrected chi connectivity index (χ4v) is 17.0. The fraction of sp³-hybridized carbons (Fsp3) is 0.896. The smallest absolute Gasteiger partial charge is 0.347 e. The van der Waals surface area contributed by atoms with E-state index in [2.05, 4.69) is 41.5 Å². The number of carbonyl (C=O) groups excluding carboxylic acids is 7. The molecule has 0 spiro atoms. The van der Waals surface area contributed by atoms with Crippen molar-refractivity contribution >= 4 is 41.8 Å². The van der Waals surface area contributed by atoms with Gasteiger partial charge in [0, 0.05) is 6.42 Å². The van der Waals surface area contributed by atoms with Crippen LogP contribution in [0.2, 0.25) is 0 Å². The zero-order valence-corrected chi connectivity index (χ0v) is 53.1. The van der Waals surface area contributed by atoms with Crippen molar-refractivity contribution < 1.29 is 66.7 Å². The van der Waals surface area contributed by atoms with E-state index in [1.807, 2.05) is 41.5 Å². The van der Waals surface area contributed by atoms with Gasteiger partial charge in [-0.15, -0.1) is 0 Å². The van der Waals surface area contributed by atoms with Crippen molar-refractivity contribution in [3.63, 3.8) is 0 Å². The van der Waals surface area contributed by atoms with E-state index >= 15 is 0 Å². The van der Waals surface area contributed by atoms with Crippen LogP contribution in [0.1, 0.15) is 246 Å². The summed E-state index contributed by atoms with van der Waals surface area (Å²) in [5, 5.41) is 0. The highest BCUT2D eigenvalue weighted by Gasteiger charge is 2.62. The first-order valence-corrected chi connectivity index (χ1v) is 32.1. The highest BCUT2D eigenvalue weighted by atomic mass is 16.6. The average molecular weight is 1140 g/mol. The molecule has 12 bridgehead atoms. The molecule has 1 saturated heterocycles. The maximum Gasteiger partial charge on any atom is 0.347 e. The maximum atomic E-state index is 12.8. The molecule has 13 rings (SSSR count). The van der Waals surface area contributed by atoms with Crippen molar-refractivity contribution in [3.8, 4) is 0 Å². The quantitative estimate of drug-likeness (QED) is 0.0989. The summed E-state index contributed by atoms with van der Waals surface area (Å²) in [6.07, 6.45) is 22.8. The van der Waals surface area contributed by atoms with Crippen LogP contribution in [-0.2, 0) is 66.7 Å². The first-order valence-electron chi connectivity index (χ1n) is 32.1. The van der Waals surface area contributed by atoms with Gasteiger partial charge in [0.15, 0.2) is 13.2 Å². The Hall–Kier alpha value is -3.71. The van der Waals surface area contributed by atoms with E-state index in [9.17, 15) is 33.6 Å². The zero-order chi connectivity index (χ0) is 59.9. The van der Waals surface area contributed by atoms with Gasteiger partial charge in [-0.25, -0.2) is 14.4 Å². The Morgan fingerprint density at radius 1 is 0.506 bits per heavy atom. The second kappa shape index (κ2) is 24.7. The summed E-state index contributed by atoms with van der Waals surface area (Å²) < 4.78 is 38.0. The molecule has 14 nitrogen and oxygen atoms in total. The van der Waals surface area contributed by atoms with Gasteiger partial charge in [-0.05, 0) is 261 Å². The van der Waals surface area contributed by atoms with Gasteiger partial charge < -0.3 is 33.2 Å². The lowest BCUT2D eigenvalue weighted by molar-refractivity contribution is -0.231. The third kappa shape index (κ3) is 14.4. The normalized spacial score (nSPS) is 36.4. The van der Waals surface area contributed by atoms with Crippen LogP contribution >= 0.6 is 0 Å². The molecule has 1 aliphatic heterocycles.